The van der Waals surface area contributed by atoms with Gasteiger partial charge in [0.05, 0.1) is 7.11 Å². The molecule has 0 spiro atoms. The molecule has 2 atom stereocenters. The molecule has 3 nitrogen and oxygen atoms in total. The summed E-state index contributed by atoms with van der Waals surface area (Å²) in [5, 5.41) is 3.45. The van der Waals surface area contributed by atoms with Gasteiger partial charge in [0.2, 0.25) is 0 Å². The molecule has 3 heteroatoms. The maximum absolute atomic E-state index is 5.31. The second-order valence-corrected chi connectivity index (χ2v) is 4.93. The largest absolute Gasteiger partial charge is 0.497 e. The lowest BCUT2D eigenvalue weighted by Crippen LogP contribution is -2.38. The average Bonchev–Trinajstić information content (AvgIpc) is 2.93. The van der Waals surface area contributed by atoms with Gasteiger partial charge in [-0.25, -0.2) is 0 Å². The quantitative estimate of drug-likeness (QED) is 0.866. The van der Waals surface area contributed by atoms with Crippen molar-refractivity contribution in [1.29, 1.82) is 0 Å². The second kappa shape index (κ2) is 6.21. The fraction of sp³-hybridized carbons (Fsp3) is 0.600. The lowest BCUT2D eigenvalue weighted by molar-refractivity contribution is 0.162. The highest BCUT2D eigenvalue weighted by atomic mass is 16.5. The Kier molecular flexibility index (Phi) is 4.61. The minimum Gasteiger partial charge on any atom is -0.497 e. The Morgan fingerprint density at radius 2 is 2.33 bits per heavy atom. The van der Waals surface area contributed by atoms with Gasteiger partial charge in [-0.05, 0) is 44.1 Å². The highest BCUT2D eigenvalue weighted by molar-refractivity contribution is 5.30. The summed E-state index contributed by atoms with van der Waals surface area (Å²) in [6.07, 6.45) is 1.25. The Bertz CT molecular complexity index is 375. The summed E-state index contributed by atoms with van der Waals surface area (Å²) in [4.78, 5) is 2.58. The van der Waals surface area contributed by atoms with Crippen LogP contribution in [0.3, 0.4) is 0 Å². The van der Waals surface area contributed by atoms with Crippen molar-refractivity contribution < 1.29 is 4.74 Å². The van der Waals surface area contributed by atoms with Crippen molar-refractivity contribution in [2.75, 3.05) is 26.7 Å². The third-order valence-corrected chi connectivity index (χ3v) is 3.94. The molecule has 2 unspecified atom stereocenters. The van der Waals surface area contributed by atoms with E-state index in [9.17, 15) is 0 Å². The van der Waals surface area contributed by atoms with Crippen LogP contribution in [0.2, 0.25) is 0 Å². The van der Waals surface area contributed by atoms with Gasteiger partial charge in [0.1, 0.15) is 5.75 Å². The average molecular weight is 248 g/mol. The van der Waals surface area contributed by atoms with Crippen molar-refractivity contribution in [3.8, 4) is 5.75 Å². The fourth-order valence-electron chi connectivity index (χ4n) is 2.86. The molecule has 0 radical (unpaired) electrons. The third-order valence-electron chi connectivity index (χ3n) is 3.94. The molecule has 0 saturated carbocycles. The maximum atomic E-state index is 5.31. The van der Waals surface area contributed by atoms with Crippen molar-refractivity contribution in [2.24, 2.45) is 0 Å². The Labute approximate surface area is 110 Å². The van der Waals surface area contributed by atoms with Crippen molar-refractivity contribution in [1.82, 2.24) is 10.2 Å². The van der Waals surface area contributed by atoms with Crippen LogP contribution in [0.1, 0.15) is 31.9 Å². The molecule has 100 valence electrons. The molecule has 1 aliphatic rings. The van der Waals surface area contributed by atoms with E-state index in [2.05, 4.69) is 42.3 Å². The molecular formula is C15H24N2O. The summed E-state index contributed by atoms with van der Waals surface area (Å²) >= 11 is 0. The van der Waals surface area contributed by atoms with Crippen molar-refractivity contribution in [3.05, 3.63) is 29.8 Å². The number of likely N-dealkylation sites (N-methyl/N-ethyl adjacent to an activating group) is 1. The molecule has 2 rings (SSSR count). The van der Waals surface area contributed by atoms with Crippen LogP contribution in [0.15, 0.2) is 24.3 Å². The first-order valence-corrected chi connectivity index (χ1v) is 6.86. The van der Waals surface area contributed by atoms with Crippen molar-refractivity contribution >= 4 is 0 Å². The van der Waals surface area contributed by atoms with Gasteiger partial charge in [-0.2, -0.15) is 0 Å². The van der Waals surface area contributed by atoms with Gasteiger partial charge in [0, 0.05) is 18.6 Å². The van der Waals surface area contributed by atoms with Gasteiger partial charge in [0.25, 0.3) is 0 Å². The molecule has 18 heavy (non-hydrogen) atoms. The normalized spacial score (nSPS) is 21.2. The number of methoxy groups -OCH3 is 1. The lowest BCUT2D eigenvalue weighted by atomic mass is 10.0. The summed E-state index contributed by atoms with van der Waals surface area (Å²) in [6.45, 7) is 7.88. The van der Waals surface area contributed by atoms with E-state index in [0.717, 1.165) is 25.4 Å². The minimum atomic E-state index is 0.440. The zero-order chi connectivity index (χ0) is 13.0. The summed E-state index contributed by atoms with van der Waals surface area (Å²) in [6, 6.07) is 9.52. The first-order chi connectivity index (χ1) is 8.76. The molecule has 0 bridgehead atoms. The fourth-order valence-corrected chi connectivity index (χ4v) is 2.86. The molecule has 1 fully saturated rings. The van der Waals surface area contributed by atoms with Crippen LogP contribution in [0.4, 0.5) is 0 Å². The van der Waals surface area contributed by atoms with Crippen LogP contribution < -0.4 is 10.1 Å². The molecule has 1 N–H and O–H groups in total. The van der Waals surface area contributed by atoms with Gasteiger partial charge < -0.3 is 10.1 Å². The smallest absolute Gasteiger partial charge is 0.119 e. The van der Waals surface area contributed by atoms with Crippen LogP contribution in [-0.4, -0.2) is 37.7 Å². The SMILES string of the molecule is CCN(C1CCNC1)C(C)c1cccc(OC)c1. The van der Waals surface area contributed by atoms with E-state index in [-0.39, 0.29) is 0 Å². The lowest BCUT2D eigenvalue weighted by Gasteiger charge is -2.33. The predicted molar refractivity (Wildman–Crippen MR) is 75.1 cm³/mol. The predicted octanol–water partition coefficient (Wildman–Crippen LogP) is 2.44. The first kappa shape index (κ1) is 13.4. The highest BCUT2D eigenvalue weighted by Gasteiger charge is 2.25. The molecule has 1 aromatic carbocycles. The van der Waals surface area contributed by atoms with Gasteiger partial charge in [-0.15, -0.1) is 0 Å². The number of nitrogens with zero attached hydrogens (tertiary/aromatic N) is 1. The van der Waals surface area contributed by atoms with Crippen LogP contribution in [0.25, 0.3) is 0 Å². The van der Waals surface area contributed by atoms with Gasteiger partial charge in [-0.3, -0.25) is 4.90 Å². The number of ether oxygens (including phenoxy) is 1. The Balaban J connectivity index is 2.13. The minimum absolute atomic E-state index is 0.440. The standard InChI is InChI=1S/C15H24N2O/c1-4-17(14-8-9-16-11-14)12(2)13-6-5-7-15(10-13)18-3/h5-7,10,12,14,16H,4,8-9,11H2,1-3H3. The van der Waals surface area contributed by atoms with Gasteiger partial charge >= 0.3 is 0 Å². The maximum Gasteiger partial charge on any atom is 0.119 e. The number of benzene rings is 1. The summed E-state index contributed by atoms with van der Waals surface area (Å²) in [7, 11) is 1.72. The van der Waals surface area contributed by atoms with Crippen molar-refractivity contribution in [2.45, 2.75) is 32.4 Å². The van der Waals surface area contributed by atoms with E-state index in [1.54, 1.807) is 7.11 Å². The van der Waals surface area contributed by atoms with E-state index < -0.39 is 0 Å². The number of hydrogen-bond acceptors (Lipinski definition) is 3. The van der Waals surface area contributed by atoms with E-state index in [0.29, 0.717) is 12.1 Å². The van der Waals surface area contributed by atoms with Gasteiger partial charge in [0.15, 0.2) is 0 Å². The summed E-state index contributed by atoms with van der Waals surface area (Å²) < 4.78 is 5.31. The first-order valence-electron chi connectivity index (χ1n) is 6.86. The summed E-state index contributed by atoms with van der Waals surface area (Å²) in [5.74, 6) is 0.944. The van der Waals surface area contributed by atoms with E-state index in [1.807, 2.05) is 6.07 Å². The zero-order valence-corrected chi connectivity index (χ0v) is 11.6. The molecular weight excluding hydrogens is 224 g/mol. The second-order valence-electron chi connectivity index (χ2n) is 4.93. The highest BCUT2D eigenvalue weighted by Crippen LogP contribution is 2.26. The molecule has 0 aliphatic carbocycles. The molecule has 1 aromatic rings. The Hall–Kier alpha value is -1.06. The number of rotatable bonds is 5. The summed E-state index contributed by atoms with van der Waals surface area (Å²) in [5.41, 5.74) is 1.34. The Morgan fingerprint density at radius 1 is 1.50 bits per heavy atom. The van der Waals surface area contributed by atoms with Gasteiger partial charge in [-0.1, -0.05) is 19.1 Å². The van der Waals surface area contributed by atoms with Crippen LogP contribution >= 0.6 is 0 Å². The van der Waals surface area contributed by atoms with Crippen LogP contribution in [-0.2, 0) is 0 Å². The molecule has 0 aromatic heterocycles. The topological polar surface area (TPSA) is 24.5 Å². The Morgan fingerprint density at radius 3 is 2.94 bits per heavy atom. The van der Waals surface area contributed by atoms with Crippen molar-refractivity contribution in [3.63, 3.8) is 0 Å². The van der Waals surface area contributed by atoms with Crippen LogP contribution in [0.5, 0.6) is 5.75 Å². The van der Waals surface area contributed by atoms with E-state index >= 15 is 0 Å². The number of nitrogens with one attached hydrogen (secondary N) is 1. The monoisotopic (exact) mass is 248 g/mol. The van der Waals surface area contributed by atoms with Crippen LogP contribution in [0, 0.1) is 0 Å². The number of hydrogen-bond donors (Lipinski definition) is 1. The zero-order valence-electron chi connectivity index (χ0n) is 11.6. The molecule has 0 amide bonds. The molecule has 1 heterocycles. The van der Waals surface area contributed by atoms with E-state index in [1.165, 1.54) is 12.0 Å². The molecule has 1 saturated heterocycles. The van der Waals surface area contributed by atoms with E-state index in [4.69, 9.17) is 4.74 Å². The molecule has 1 aliphatic heterocycles. The third kappa shape index (κ3) is 2.85.